The molecular weight excluding hydrogens is 458 g/mol. The number of methoxy groups -OCH3 is 1. The number of carbonyl (C=O) groups is 3. The maximum Gasteiger partial charge on any atom is 0.268 e. The fourth-order valence-electron chi connectivity index (χ4n) is 4.25. The number of nitrogens with one attached hydrogen (secondary N) is 4. The first-order chi connectivity index (χ1) is 17.1. The number of H-pyrrole nitrogens is 1. The number of aromatic amines is 1. The van der Waals surface area contributed by atoms with Gasteiger partial charge in [0.15, 0.2) is 0 Å². The smallest absolute Gasteiger partial charge is 0.268 e. The number of ether oxygens (including phenoxy) is 1. The Kier molecular flexibility index (Phi) is 10.3. The highest BCUT2D eigenvalue weighted by molar-refractivity contribution is 6.01. The average Bonchev–Trinajstić information content (AvgIpc) is 3.29. The number of nitrogens with zero attached hydrogens (tertiary/aromatic N) is 1. The summed E-state index contributed by atoms with van der Waals surface area (Å²) in [5, 5.41) is 18.7. The Bertz CT molecular complexity index is 1110. The molecule has 9 heteroatoms. The fourth-order valence-corrected chi connectivity index (χ4v) is 4.25. The van der Waals surface area contributed by atoms with Crippen LogP contribution in [0.4, 0.5) is 0 Å². The number of amides is 3. The second kappa shape index (κ2) is 13.0. The van der Waals surface area contributed by atoms with Crippen LogP contribution in [0.25, 0.3) is 10.9 Å². The van der Waals surface area contributed by atoms with Crippen molar-refractivity contribution in [3.8, 4) is 11.8 Å². The van der Waals surface area contributed by atoms with E-state index in [4.69, 9.17) is 4.74 Å². The van der Waals surface area contributed by atoms with Gasteiger partial charge in [-0.3, -0.25) is 14.4 Å². The highest BCUT2D eigenvalue weighted by Gasteiger charge is 2.31. The molecule has 3 atom stereocenters. The first kappa shape index (κ1) is 28.7. The molecule has 3 rings (SSSR count). The minimum absolute atomic E-state index is 0. The van der Waals surface area contributed by atoms with Crippen LogP contribution in [0, 0.1) is 22.7 Å². The zero-order valence-corrected chi connectivity index (χ0v) is 22.2. The second-order valence-electron chi connectivity index (χ2n) is 9.95. The number of hydrogen-bond acceptors (Lipinski definition) is 5. The predicted octanol–water partition coefficient (Wildman–Crippen LogP) is 4.65. The largest absolute Gasteiger partial charge is 0.496 e. The van der Waals surface area contributed by atoms with Gasteiger partial charge in [0, 0.05) is 29.1 Å². The predicted molar refractivity (Wildman–Crippen MR) is 148 cm³/mol. The molecule has 1 aromatic heterocycles. The van der Waals surface area contributed by atoms with Gasteiger partial charge in [-0.05, 0) is 49.3 Å². The molecule has 1 aliphatic rings. The molecule has 0 bridgehead atoms. The van der Waals surface area contributed by atoms with E-state index < -0.39 is 23.9 Å². The van der Waals surface area contributed by atoms with E-state index in [9.17, 15) is 19.6 Å². The molecule has 2 heterocycles. The van der Waals surface area contributed by atoms with Crippen molar-refractivity contribution in [3.05, 3.63) is 30.0 Å². The van der Waals surface area contributed by atoms with Crippen LogP contribution in [0.15, 0.2) is 24.3 Å². The number of piperidine rings is 1. The van der Waals surface area contributed by atoms with Crippen LogP contribution >= 0.6 is 0 Å². The zero-order chi connectivity index (χ0) is 26.9. The Morgan fingerprint density at radius 2 is 2.00 bits per heavy atom. The van der Waals surface area contributed by atoms with Crippen LogP contribution in [-0.4, -0.2) is 48.4 Å². The molecule has 9 nitrogen and oxygen atoms in total. The summed E-state index contributed by atoms with van der Waals surface area (Å²) in [5.41, 5.74) is 0.795. The summed E-state index contributed by atoms with van der Waals surface area (Å²) < 4.78 is 5.36. The van der Waals surface area contributed by atoms with E-state index in [1.807, 2.05) is 52.8 Å². The maximum absolute atomic E-state index is 13.1. The lowest BCUT2D eigenvalue weighted by molar-refractivity contribution is -0.128. The van der Waals surface area contributed by atoms with Gasteiger partial charge < -0.3 is 25.7 Å². The van der Waals surface area contributed by atoms with Crippen LogP contribution < -0.4 is 20.7 Å². The Balaban J connectivity index is -0.00000223. The summed E-state index contributed by atoms with van der Waals surface area (Å²) in [5.74, 6) is -0.631. The third-order valence-electron chi connectivity index (χ3n) is 5.92. The third-order valence-corrected chi connectivity index (χ3v) is 5.92. The van der Waals surface area contributed by atoms with Gasteiger partial charge in [0.25, 0.3) is 5.91 Å². The molecule has 0 spiro atoms. The zero-order valence-electron chi connectivity index (χ0n) is 22.2. The van der Waals surface area contributed by atoms with Gasteiger partial charge in [-0.15, -0.1) is 0 Å². The molecule has 2 aromatic rings. The minimum atomic E-state index is -0.850. The summed E-state index contributed by atoms with van der Waals surface area (Å²) in [4.78, 5) is 41.3. The molecule has 3 amide bonds. The molecule has 1 aromatic carbocycles. The van der Waals surface area contributed by atoms with Crippen molar-refractivity contribution in [2.45, 2.75) is 72.4 Å². The Morgan fingerprint density at radius 3 is 2.61 bits per heavy atom. The summed E-state index contributed by atoms with van der Waals surface area (Å²) >= 11 is 0. The topological polar surface area (TPSA) is 136 Å². The van der Waals surface area contributed by atoms with Crippen LogP contribution in [0.2, 0.25) is 0 Å². The molecule has 0 radical (unpaired) electrons. The first-order valence-corrected chi connectivity index (χ1v) is 12.6. The molecule has 36 heavy (non-hydrogen) atoms. The van der Waals surface area contributed by atoms with Crippen LogP contribution in [0.1, 0.15) is 76.5 Å². The monoisotopic (exact) mass is 505 g/mol. The SMILES string of the molecule is CC.COc1cccc2[nH]c(C(=O)N[C@@H](CC(C)(C)C)C(=O)N[C@H](C#N)C[C@@H]3CCCNC3=O)cc12.[HH].[HH].[HH].[HH]. The Hall–Kier alpha value is -3.54. The van der Waals surface area contributed by atoms with Crippen LogP contribution in [-0.2, 0) is 9.59 Å². The lowest BCUT2D eigenvalue weighted by Crippen LogP contribution is -2.51. The number of nitriles is 1. The van der Waals surface area contributed by atoms with E-state index in [0.29, 0.717) is 30.8 Å². The number of hydrogen-bond donors (Lipinski definition) is 4. The third kappa shape index (κ3) is 7.74. The Labute approximate surface area is 219 Å². The van der Waals surface area contributed by atoms with Crippen LogP contribution in [0.3, 0.4) is 0 Å². The van der Waals surface area contributed by atoms with E-state index in [1.165, 1.54) is 0 Å². The van der Waals surface area contributed by atoms with Gasteiger partial charge in [0.05, 0.1) is 13.2 Å². The number of carbonyl (C=O) groups excluding carboxylic acids is 3. The summed E-state index contributed by atoms with van der Waals surface area (Å²) in [6.45, 7) is 10.6. The van der Waals surface area contributed by atoms with Gasteiger partial charge in [-0.1, -0.05) is 40.7 Å². The highest BCUT2D eigenvalue weighted by Crippen LogP contribution is 2.26. The van der Waals surface area contributed by atoms with Crippen molar-refractivity contribution < 1.29 is 24.8 Å². The summed E-state index contributed by atoms with van der Waals surface area (Å²) in [6, 6.07) is 7.58. The van der Waals surface area contributed by atoms with E-state index >= 15 is 0 Å². The molecule has 1 saturated heterocycles. The lowest BCUT2D eigenvalue weighted by Gasteiger charge is -2.28. The van der Waals surface area contributed by atoms with Gasteiger partial charge in [-0.25, -0.2) is 0 Å². The molecule has 4 N–H and O–H groups in total. The highest BCUT2D eigenvalue weighted by atomic mass is 16.5. The first-order valence-electron chi connectivity index (χ1n) is 12.6. The van der Waals surface area contributed by atoms with E-state index in [-0.39, 0.29) is 29.4 Å². The van der Waals surface area contributed by atoms with Crippen molar-refractivity contribution >= 4 is 28.6 Å². The molecular formula is C27H47N5O4. The van der Waals surface area contributed by atoms with Crippen molar-refractivity contribution in [1.82, 2.24) is 20.9 Å². The van der Waals surface area contributed by atoms with Gasteiger partial charge in [0.1, 0.15) is 23.5 Å². The van der Waals surface area contributed by atoms with Crippen molar-refractivity contribution in [2.75, 3.05) is 13.7 Å². The molecule has 0 unspecified atom stereocenters. The van der Waals surface area contributed by atoms with Crippen molar-refractivity contribution in [2.24, 2.45) is 11.3 Å². The number of fused-ring (bicyclic) bond motifs is 1. The van der Waals surface area contributed by atoms with Crippen LogP contribution in [0.5, 0.6) is 5.75 Å². The lowest BCUT2D eigenvalue weighted by atomic mass is 9.87. The quantitative estimate of drug-likeness (QED) is 0.414. The fraction of sp³-hybridized carbons (Fsp3) is 0.556. The van der Waals surface area contributed by atoms with Crippen molar-refractivity contribution in [3.63, 3.8) is 0 Å². The van der Waals surface area contributed by atoms with Gasteiger partial charge >= 0.3 is 0 Å². The molecule has 204 valence electrons. The average molecular weight is 506 g/mol. The van der Waals surface area contributed by atoms with Gasteiger partial charge in [0.2, 0.25) is 11.8 Å². The normalized spacial score (nSPS) is 17.0. The van der Waals surface area contributed by atoms with Crippen molar-refractivity contribution in [1.29, 1.82) is 5.26 Å². The van der Waals surface area contributed by atoms with E-state index in [0.717, 1.165) is 17.3 Å². The number of rotatable bonds is 8. The summed E-state index contributed by atoms with van der Waals surface area (Å²) in [7, 11) is 1.56. The van der Waals surface area contributed by atoms with E-state index in [2.05, 4.69) is 27.0 Å². The number of benzene rings is 1. The standard InChI is InChI=1S/C25H33N5O4.C2H6.4H2/c1-25(2,3)13-20(24(33)28-16(14-26)11-15-7-6-10-27-22(15)31)30-23(32)19-12-17-18(29-19)8-5-9-21(17)34-4;1-2;;;;/h5,8-9,12,15-16,20,29H,6-7,10-11,13H2,1-4H3,(H,27,31)(H,28,33)(H,30,32);1-2H3;4*1H/t15-,16-,20-;;;;;/m0...../s1. The maximum atomic E-state index is 13.1. The molecule has 0 saturated carbocycles. The summed E-state index contributed by atoms with van der Waals surface area (Å²) in [6.07, 6.45) is 2.15. The number of aromatic nitrogens is 1. The van der Waals surface area contributed by atoms with E-state index in [1.54, 1.807) is 13.2 Å². The minimum Gasteiger partial charge on any atom is -0.496 e. The van der Waals surface area contributed by atoms with Gasteiger partial charge in [-0.2, -0.15) is 5.26 Å². The Morgan fingerprint density at radius 1 is 1.28 bits per heavy atom. The second-order valence-corrected chi connectivity index (χ2v) is 9.95. The molecule has 1 fully saturated rings. The molecule has 1 aliphatic heterocycles. The molecule has 0 aliphatic carbocycles.